The molecule has 1 atom stereocenters. The van der Waals surface area contributed by atoms with Crippen LogP contribution >= 0.6 is 0 Å². The van der Waals surface area contributed by atoms with Crippen molar-refractivity contribution in [3.8, 4) is 28.1 Å². The van der Waals surface area contributed by atoms with Gasteiger partial charge in [0, 0.05) is 69.1 Å². The number of carbonyl (C=O) groups excluding carboxylic acids is 1. The quantitative estimate of drug-likeness (QED) is 0.437. The van der Waals surface area contributed by atoms with Crippen LogP contribution in [0.4, 0.5) is 5.69 Å². The fraction of sp³-hybridized carbons (Fsp3) is 0.367. The van der Waals surface area contributed by atoms with Crippen molar-refractivity contribution in [1.82, 2.24) is 24.8 Å². The maximum atomic E-state index is 12.5. The summed E-state index contributed by atoms with van der Waals surface area (Å²) < 4.78 is 6.30. The maximum Gasteiger partial charge on any atom is 0.253 e. The molecule has 1 fully saturated rings. The van der Waals surface area contributed by atoms with Gasteiger partial charge in [-0.1, -0.05) is 12.1 Å². The largest absolute Gasteiger partial charge is 0.491 e. The monoisotopic (exact) mass is 510 g/mol. The number of fused-ring (bicyclic) bond motifs is 4. The van der Waals surface area contributed by atoms with Gasteiger partial charge in [0.1, 0.15) is 11.3 Å². The summed E-state index contributed by atoms with van der Waals surface area (Å²) in [5, 5.41) is 0. The van der Waals surface area contributed by atoms with Gasteiger partial charge < -0.3 is 24.4 Å². The first kappa shape index (κ1) is 24.4. The lowest BCUT2D eigenvalue weighted by atomic mass is 10.00. The van der Waals surface area contributed by atoms with Gasteiger partial charge in [0.2, 0.25) is 0 Å². The molecule has 2 aromatic heterocycles. The van der Waals surface area contributed by atoms with Crippen LogP contribution in [0.3, 0.4) is 0 Å². The third-order valence-corrected chi connectivity index (χ3v) is 7.80. The number of aryl methyl sites for hydroxylation is 2. The molecule has 38 heavy (non-hydrogen) atoms. The standard InChI is InChI=1S/C30H34N6O2/c1-18-12-20(6-7-23(18)30(37)34(3)4)24-15-31-29-27(24)33-25(16-32-29)21-13-19(2)28-26(14-21)38-11-8-22-17-35(5)9-10-36(22)28/h6-7,12-16,22H,8-11,17H2,1-5H3,(H,31,32)/t22-/m1/s1. The number of aromatic amines is 1. The van der Waals surface area contributed by atoms with E-state index in [0.29, 0.717) is 18.2 Å². The van der Waals surface area contributed by atoms with Crippen LogP contribution in [0, 0.1) is 13.8 Å². The van der Waals surface area contributed by atoms with Crippen LogP contribution in [0.2, 0.25) is 0 Å². The van der Waals surface area contributed by atoms with E-state index in [-0.39, 0.29) is 5.91 Å². The van der Waals surface area contributed by atoms with Crippen LogP contribution in [-0.4, -0.2) is 84.1 Å². The van der Waals surface area contributed by atoms with E-state index in [1.165, 1.54) is 11.3 Å². The Kier molecular flexibility index (Phi) is 6.07. The van der Waals surface area contributed by atoms with E-state index in [4.69, 9.17) is 14.7 Å². The minimum atomic E-state index is -0.00116. The summed E-state index contributed by atoms with van der Waals surface area (Å²) in [6.45, 7) is 7.97. The Labute approximate surface area is 223 Å². The smallest absolute Gasteiger partial charge is 0.253 e. The molecule has 0 spiro atoms. The van der Waals surface area contributed by atoms with Crippen LogP contribution in [0.1, 0.15) is 27.9 Å². The molecule has 1 saturated heterocycles. The zero-order chi connectivity index (χ0) is 26.6. The summed E-state index contributed by atoms with van der Waals surface area (Å²) in [5.74, 6) is 0.929. The fourth-order valence-electron chi connectivity index (χ4n) is 5.79. The highest BCUT2D eigenvalue weighted by Gasteiger charge is 2.31. The maximum absolute atomic E-state index is 12.5. The first-order valence-electron chi connectivity index (χ1n) is 13.2. The number of amides is 1. The highest BCUT2D eigenvalue weighted by Crippen LogP contribution is 2.41. The molecule has 196 valence electrons. The number of aromatic nitrogens is 3. The SMILES string of the molecule is Cc1cc(-c2c[nH]c3ncc(-c4cc(C)c5c(c4)OCC[C@@H]4CN(C)CCN54)nc23)ccc1C(=O)N(C)C. The second kappa shape index (κ2) is 9.44. The van der Waals surface area contributed by atoms with E-state index in [0.717, 1.165) is 70.9 Å². The molecule has 0 aliphatic carbocycles. The molecule has 1 N–H and O–H groups in total. The van der Waals surface area contributed by atoms with Gasteiger partial charge in [0.25, 0.3) is 5.91 Å². The predicted molar refractivity (Wildman–Crippen MR) is 151 cm³/mol. The molecule has 0 bridgehead atoms. The molecule has 4 aromatic rings. The molecule has 8 heteroatoms. The van der Waals surface area contributed by atoms with Crippen molar-refractivity contribution in [2.24, 2.45) is 0 Å². The lowest BCUT2D eigenvalue weighted by Gasteiger charge is -2.41. The van der Waals surface area contributed by atoms with Crippen LogP contribution in [-0.2, 0) is 0 Å². The number of ether oxygens (including phenoxy) is 1. The molecule has 8 nitrogen and oxygen atoms in total. The number of nitrogens with one attached hydrogen (secondary N) is 1. The predicted octanol–water partition coefficient (Wildman–Crippen LogP) is 4.51. The van der Waals surface area contributed by atoms with Gasteiger partial charge in [0.05, 0.1) is 24.2 Å². The zero-order valence-electron chi connectivity index (χ0n) is 22.7. The van der Waals surface area contributed by atoms with E-state index in [1.54, 1.807) is 19.0 Å². The van der Waals surface area contributed by atoms with Crippen molar-refractivity contribution in [2.75, 3.05) is 52.3 Å². The first-order valence-corrected chi connectivity index (χ1v) is 13.2. The summed E-state index contributed by atoms with van der Waals surface area (Å²) >= 11 is 0. The van der Waals surface area contributed by atoms with Crippen LogP contribution < -0.4 is 9.64 Å². The number of hydrogen-bond donors (Lipinski definition) is 1. The Morgan fingerprint density at radius 3 is 2.71 bits per heavy atom. The Balaban J connectivity index is 1.38. The van der Waals surface area contributed by atoms with Gasteiger partial charge in [-0.05, 0) is 55.8 Å². The molecule has 0 unspecified atom stereocenters. The number of nitrogens with zero attached hydrogens (tertiary/aromatic N) is 5. The van der Waals surface area contributed by atoms with Gasteiger partial charge >= 0.3 is 0 Å². The van der Waals surface area contributed by atoms with Gasteiger partial charge in [0.15, 0.2) is 5.65 Å². The number of carbonyl (C=O) groups is 1. The highest BCUT2D eigenvalue weighted by molar-refractivity contribution is 5.97. The van der Waals surface area contributed by atoms with Gasteiger partial charge in [-0.15, -0.1) is 0 Å². The molecule has 2 aliphatic heterocycles. The van der Waals surface area contributed by atoms with Crippen molar-refractivity contribution in [1.29, 1.82) is 0 Å². The van der Waals surface area contributed by atoms with Crippen LogP contribution in [0.15, 0.2) is 42.7 Å². The lowest BCUT2D eigenvalue weighted by molar-refractivity contribution is 0.0827. The van der Waals surface area contributed by atoms with Crippen molar-refractivity contribution in [3.05, 3.63) is 59.4 Å². The topological polar surface area (TPSA) is 77.6 Å². The number of anilines is 1. The molecular formula is C30H34N6O2. The Morgan fingerprint density at radius 2 is 1.92 bits per heavy atom. The Morgan fingerprint density at radius 1 is 1.11 bits per heavy atom. The van der Waals surface area contributed by atoms with Crippen LogP contribution in [0.25, 0.3) is 33.5 Å². The third kappa shape index (κ3) is 4.19. The number of likely N-dealkylation sites (N-methyl/N-ethyl adjacent to an activating group) is 1. The average Bonchev–Trinajstić information content (AvgIpc) is 3.23. The number of piperazine rings is 1. The summed E-state index contributed by atoms with van der Waals surface area (Å²) in [5.41, 5.74) is 9.35. The molecule has 2 aliphatic rings. The average molecular weight is 511 g/mol. The van der Waals surface area contributed by atoms with Crippen molar-refractivity contribution >= 4 is 22.8 Å². The number of rotatable bonds is 3. The molecule has 1 amide bonds. The minimum absolute atomic E-state index is 0.00116. The van der Waals surface area contributed by atoms with Gasteiger partial charge in [-0.25, -0.2) is 9.97 Å². The molecule has 0 saturated carbocycles. The van der Waals surface area contributed by atoms with E-state index >= 15 is 0 Å². The third-order valence-electron chi connectivity index (χ3n) is 7.80. The van der Waals surface area contributed by atoms with Crippen molar-refractivity contribution in [2.45, 2.75) is 26.3 Å². The molecular weight excluding hydrogens is 476 g/mol. The van der Waals surface area contributed by atoms with E-state index in [2.05, 4.69) is 40.9 Å². The Hall–Kier alpha value is -3.91. The number of benzene rings is 2. The second-order valence-electron chi connectivity index (χ2n) is 10.8. The molecule has 0 radical (unpaired) electrons. The van der Waals surface area contributed by atoms with Gasteiger partial charge in [-0.2, -0.15) is 0 Å². The molecule has 6 rings (SSSR count). The van der Waals surface area contributed by atoms with Gasteiger partial charge in [-0.3, -0.25) is 4.79 Å². The summed E-state index contributed by atoms with van der Waals surface area (Å²) in [6.07, 6.45) is 4.78. The zero-order valence-corrected chi connectivity index (χ0v) is 22.7. The van der Waals surface area contributed by atoms with Crippen molar-refractivity contribution < 1.29 is 9.53 Å². The molecule has 4 heterocycles. The summed E-state index contributed by atoms with van der Waals surface area (Å²) in [4.78, 5) is 32.1. The second-order valence-corrected chi connectivity index (χ2v) is 10.8. The fourth-order valence-corrected chi connectivity index (χ4v) is 5.79. The van der Waals surface area contributed by atoms with Crippen molar-refractivity contribution in [3.63, 3.8) is 0 Å². The highest BCUT2D eigenvalue weighted by atomic mass is 16.5. The van der Waals surface area contributed by atoms with E-state index < -0.39 is 0 Å². The van der Waals surface area contributed by atoms with E-state index in [9.17, 15) is 4.79 Å². The summed E-state index contributed by atoms with van der Waals surface area (Å²) in [7, 11) is 5.74. The lowest BCUT2D eigenvalue weighted by Crippen LogP contribution is -2.52. The molecule has 2 aromatic carbocycles. The van der Waals surface area contributed by atoms with Crippen LogP contribution in [0.5, 0.6) is 5.75 Å². The minimum Gasteiger partial charge on any atom is -0.491 e. The Bertz CT molecular complexity index is 1540. The number of hydrogen-bond acceptors (Lipinski definition) is 6. The first-order chi connectivity index (χ1) is 18.3. The normalized spacial score (nSPS) is 17.5. The van der Waals surface area contributed by atoms with E-state index in [1.807, 2.05) is 37.5 Å². The number of H-pyrrole nitrogens is 1. The summed E-state index contributed by atoms with van der Waals surface area (Å²) in [6, 6.07) is 10.7.